The van der Waals surface area contributed by atoms with E-state index in [-0.39, 0.29) is 5.95 Å². The van der Waals surface area contributed by atoms with E-state index in [4.69, 9.17) is 15.0 Å². The van der Waals surface area contributed by atoms with Crippen LogP contribution in [0.2, 0.25) is 0 Å². The molecule has 25 heavy (non-hydrogen) atoms. The summed E-state index contributed by atoms with van der Waals surface area (Å²) in [5.74, 6) is 0.243. The summed E-state index contributed by atoms with van der Waals surface area (Å²) in [6.45, 7) is 8.13. The Kier molecular flexibility index (Phi) is 3.65. The molecule has 1 fully saturated rings. The molecule has 0 saturated carbocycles. The molecule has 5 nitrogen and oxygen atoms in total. The van der Waals surface area contributed by atoms with Crippen LogP contribution in [0.25, 0.3) is 20.7 Å². The number of rotatable bonds is 2. The summed E-state index contributed by atoms with van der Waals surface area (Å²) in [6, 6.07) is 10.4. The van der Waals surface area contributed by atoms with Crippen LogP contribution in [0.1, 0.15) is 27.7 Å². The lowest BCUT2D eigenvalue weighted by Crippen LogP contribution is -2.41. The standard InChI is InChI=1S/C18H20BN3O2S/c1-17(2)18(3,4)24-19(23-17)12-10-21-16(20)22-15(12)14-9-11-7-5-6-8-13(11)25-14/h5-10H,1-4H3,(H2,20,21,22). The van der Waals surface area contributed by atoms with Crippen molar-refractivity contribution in [1.82, 2.24) is 9.97 Å². The van der Waals surface area contributed by atoms with Crippen molar-refractivity contribution in [3.05, 3.63) is 36.5 Å². The average molecular weight is 353 g/mol. The number of anilines is 1. The zero-order valence-electron chi connectivity index (χ0n) is 14.7. The normalized spacial score (nSPS) is 18.8. The van der Waals surface area contributed by atoms with Gasteiger partial charge in [-0.15, -0.1) is 11.3 Å². The summed E-state index contributed by atoms with van der Waals surface area (Å²) in [4.78, 5) is 9.69. The van der Waals surface area contributed by atoms with E-state index in [2.05, 4.69) is 28.2 Å². The Hall–Kier alpha value is -1.96. The number of nitrogens with zero attached hydrogens (tertiary/aromatic N) is 2. The van der Waals surface area contributed by atoms with Gasteiger partial charge in [0.1, 0.15) is 0 Å². The van der Waals surface area contributed by atoms with Crippen LogP contribution in [0.5, 0.6) is 0 Å². The fourth-order valence-corrected chi connectivity index (χ4v) is 3.92. The third-order valence-corrected chi connectivity index (χ3v) is 6.12. The van der Waals surface area contributed by atoms with Crippen LogP contribution in [0.3, 0.4) is 0 Å². The smallest absolute Gasteiger partial charge is 0.399 e. The average Bonchev–Trinajstić information content (AvgIpc) is 3.05. The molecule has 0 bridgehead atoms. The summed E-state index contributed by atoms with van der Waals surface area (Å²) in [7, 11) is -0.522. The summed E-state index contributed by atoms with van der Waals surface area (Å²) in [5.41, 5.74) is 6.60. The minimum Gasteiger partial charge on any atom is -0.399 e. The SMILES string of the molecule is CC1(C)OB(c2cnc(N)nc2-c2cc3ccccc3s2)OC1(C)C. The van der Waals surface area contributed by atoms with Gasteiger partial charge in [-0.3, -0.25) is 0 Å². The highest BCUT2D eigenvalue weighted by Gasteiger charge is 2.52. The van der Waals surface area contributed by atoms with Crippen molar-refractivity contribution in [2.45, 2.75) is 38.9 Å². The van der Waals surface area contributed by atoms with Crippen molar-refractivity contribution in [1.29, 1.82) is 0 Å². The topological polar surface area (TPSA) is 70.3 Å². The number of fused-ring (bicyclic) bond motifs is 1. The molecule has 0 spiro atoms. The Morgan fingerprint density at radius 2 is 1.76 bits per heavy atom. The molecule has 128 valence electrons. The third-order valence-electron chi connectivity index (χ3n) is 5.00. The number of thiophene rings is 1. The Morgan fingerprint density at radius 1 is 1.08 bits per heavy atom. The molecule has 1 saturated heterocycles. The molecule has 0 aliphatic carbocycles. The first-order valence-electron chi connectivity index (χ1n) is 8.24. The minimum absolute atomic E-state index is 0.243. The van der Waals surface area contributed by atoms with E-state index in [9.17, 15) is 0 Å². The van der Waals surface area contributed by atoms with Gasteiger partial charge in [-0.05, 0) is 45.2 Å². The molecule has 2 N–H and O–H groups in total. The Morgan fingerprint density at radius 3 is 2.44 bits per heavy atom. The van der Waals surface area contributed by atoms with Crippen molar-refractivity contribution in [2.24, 2.45) is 0 Å². The van der Waals surface area contributed by atoms with E-state index in [0.717, 1.165) is 16.0 Å². The molecule has 0 atom stereocenters. The van der Waals surface area contributed by atoms with Gasteiger partial charge in [0, 0.05) is 16.4 Å². The van der Waals surface area contributed by atoms with Crippen LogP contribution in [0.4, 0.5) is 5.95 Å². The highest BCUT2D eigenvalue weighted by molar-refractivity contribution is 7.22. The second kappa shape index (κ2) is 5.52. The zero-order chi connectivity index (χ0) is 17.8. The van der Waals surface area contributed by atoms with Gasteiger partial charge in [0.05, 0.1) is 21.8 Å². The number of hydrogen-bond donors (Lipinski definition) is 1. The van der Waals surface area contributed by atoms with Crippen molar-refractivity contribution in [3.8, 4) is 10.6 Å². The molecule has 0 amide bonds. The molecule has 3 heterocycles. The summed E-state index contributed by atoms with van der Waals surface area (Å²) in [5, 5.41) is 1.18. The summed E-state index contributed by atoms with van der Waals surface area (Å²) < 4.78 is 13.6. The maximum absolute atomic E-state index is 6.19. The second-order valence-corrected chi connectivity index (χ2v) is 8.35. The molecule has 1 aliphatic heterocycles. The van der Waals surface area contributed by atoms with Gasteiger partial charge < -0.3 is 15.0 Å². The maximum Gasteiger partial charge on any atom is 0.498 e. The van der Waals surface area contributed by atoms with E-state index in [0.29, 0.717) is 0 Å². The molecule has 1 aliphatic rings. The second-order valence-electron chi connectivity index (χ2n) is 7.27. The molecule has 2 aromatic heterocycles. The van der Waals surface area contributed by atoms with Gasteiger partial charge in [0.15, 0.2) is 0 Å². The first kappa shape index (κ1) is 16.5. The number of nitrogen functional groups attached to an aromatic ring is 1. The monoisotopic (exact) mass is 353 g/mol. The predicted octanol–water partition coefficient (Wildman–Crippen LogP) is 3.24. The molecule has 4 rings (SSSR count). The van der Waals surface area contributed by atoms with Gasteiger partial charge in [-0.2, -0.15) is 0 Å². The Balaban J connectivity index is 1.83. The first-order chi connectivity index (χ1) is 11.8. The molecular formula is C18H20BN3O2S. The number of aromatic nitrogens is 2. The molecule has 1 aromatic carbocycles. The predicted molar refractivity (Wildman–Crippen MR) is 103 cm³/mol. The van der Waals surface area contributed by atoms with Crippen LogP contribution in [0, 0.1) is 0 Å². The lowest BCUT2D eigenvalue weighted by molar-refractivity contribution is 0.00578. The van der Waals surface area contributed by atoms with E-state index in [1.165, 1.54) is 10.1 Å². The summed E-state index contributed by atoms with van der Waals surface area (Å²) in [6.07, 6.45) is 1.71. The number of benzene rings is 1. The van der Waals surface area contributed by atoms with Crippen LogP contribution >= 0.6 is 11.3 Å². The van der Waals surface area contributed by atoms with E-state index < -0.39 is 18.3 Å². The molecule has 3 aromatic rings. The lowest BCUT2D eigenvalue weighted by Gasteiger charge is -2.32. The molecule has 0 radical (unpaired) electrons. The van der Waals surface area contributed by atoms with Gasteiger partial charge >= 0.3 is 7.12 Å². The number of nitrogens with two attached hydrogens (primary N) is 1. The lowest BCUT2D eigenvalue weighted by atomic mass is 9.78. The third kappa shape index (κ3) is 2.72. The van der Waals surface area contributed by atoms with Crippen molar-refractivity contribution in [3.63, 3.8) is 0 Å². The van der Waals surface area contributed by atoms with Crippen molar-refractivity contribution < 1.29 is 9.31 Å². The maximum atomic E-state index is 6.19. The fraction of sp³-hybridized carbons (Fsp3) is 0.333. The van der Waals surface area contributed by atoms with Crippen molar-refractivity contribution >= 4 is 40.0 Å². The Labute approximate surface area is 151 Å². The minimum atomic E-state index is -0.522. The molecule has 7 heteroatoms. The largest absolute Gasteiger partial charge is 0.498 e. The number of hydrogen-bond acceptors (Lipinski definition) is 6. The van der Waals surface area contributed by atoms with Gasteiger partial charge in [0.2, 0.25) is 5.95 Å². The Bertz CT molecular complexity index is 905. The zero-order valence-corrected chi connectivity index (χ0v) is 15.6. The van der Waals surface area contributed by atoms with E-state index in [1.807, 2.05) is 39.8 Å². The van der Waals surface area contributed by atoms with Gasteiger partial charge in [0.25, 0.3) is 0 Å². The van der Waals surface area contributed by atoms with Gasteiger partial charge in [-0.25, -0.2) is 9.97 Å². The van der Waals surface area contributed by atoms with E-state index >= 15 is 0 Å². The highest BCUT2D eigenvalue weighted by atomic mass is 32.1. The van der Waals surface area contributed by atoms with Crippen molar-refractivity contribution in [2.75, 3.05) is 5.73 Å². The van der Waals surface area contributed by atoms with Crippen LogP contribution < -0.4 is 11.2 Å². The quantitative estimate of drug-likeness (QED) is 0.717. The molecular weight excluding hydrogens is 333 g/mol. The molecule has 0 unspecified atom stereocenters. The van der Waals surface area contributed by atoms with Crippen LogP contribution in [0.15, 0.2) is 36.5 Å². The first-order valence-corrected chi connectivity index (χ1v) is 9.05. The summed E-state index contributed by atoms with van der Waals surface area (Å²) >= 11 is 1.67. The van der Waals surface area contributed by atoms with Crippen LogP contribution in [-0.4, -0.2) is 28.3 Å². The highest BCUT2D eigenvalue weighted by Crippen LogP contribution is 2.38. The van der Waals surface area contributed by atoms with E-state index in [1.54, 1.807) is 17.5 Å². The van der Waals surface area contributed by atoms with Crippen LogP contribution in [-0.2, 0) is 9.31 Å². The fourth-order valence-electron chi connectivity index (χ4n) is 2.84. The van der Waals surface area contributed by atoms with Gasteiger partial charge in [-0.1, -0.05) is 18.2 Å².